The summed E-state index contributed by atoms with van der Waals surface area (Å²) in [4.78, 5) is 23.5. The van der Waals surface area contributed by atoms with Crippen LogP contribution in [0.15, 0.2) is 66.1 Å². The van der Waals surface area contributed by atoms with Crippen molar-refractivity contribution in [1.82, 2.24) is 19.8 Å². The van der Waals surface area contributed by atoms with E-state index in [0.717, 1.165) is 22.5 Å². The van der Waals surface area contributed by atoms with Crippen molar-refractivity contribution in [2.24, 2.45) is 4.99 Å². The van der Waals surface area contributed by atoms with Gasteiger partial charge in [0.2, 0.25) is 0 Å². The van der Waals surface area contributed by atoms with Gasteiger partial charge in [-0.1, -0.05) is 24.3 Å². The molecule has 0 aliphatic carbocycles. The molecular weight excluding hydrogens is 421 g/mol. The zero-order chi connectivity index (χ0) is 23.0. The van der Waals surface area contributed by atoms with Crippen molar-refractivity contribution in [1.29, 1.82) is 0 Å². The van der Waals surface area contributed by atoms with Gasteiger partial charge < -0.3 is 14.6 Å². The Balaban J connectivity index is 1.44. The van der Waals surface area contributed by atoms with Crippen molar-refractivity contribution in [3.63, 3.8) is 0 Å². The number of ether oxygens (including phenoxy) is 1. The summed E-state index contributed by atoms with van der Waals surface area (Å²) in [5.41, 5.74) is 3.00. The highest BCUT2D eigenvalue weighted by molar-refractivity contribution is 6.08. The van der Waals surface area contributed by atoms with Gasteiger partial charge >= 0.3 is 6.03 Å². The van der Waals surface area contributed by atoms with E-state index in [0.29, 0.717) is 31.1 Å². The van der Waals surface area contributed by atoms with Crippen LogP contribution in [-0.2, 0) is 5.54 Å². The first-order valence-corrected chi connectivity index (χ1v) is 10.8. The van der Waals surface area contributed by atoms with Crippen LogP contribution >= 0.6 is 0 Å². The monoisotopic (exact) mass is 445 g/mol. The van der Waals surface area contributed by atoms with Crippen LogP contribution < -0.4 is 10.1 Å². The quantitative estimate of drug-likeness (QED) is 0.644. The van der Waals surface area contributed by atoms with Crippen LogP contribution in [0.4, 0.5) is 9.18 Å². The Labute approximate surface area is 191 Å². The molecular formula is C25H24FN5O2. The lowest BCUT2D eigenvalue weighted by Gasteiger charge is -2.42. The van der Waals surface area contributed by atoms with Crippen molar-refractivity contribution in [3.8, 4) is 11.4 Å². The molecule has 1 saturated heterocycles. The van der Waals surface area contributed by atoms with Crippen LogP contribution in [-0.4, -0.2) is 46.5 Å². The van der Waals surface area contributed by atoms with Gasteiger partial charge in [0, 0.05) is 12.7 Å². The first-order valence-electron chi connectivity index (χ1n) is 10.8. The number of nitrogens with one attached hydrogen (secondary N) is 1. The first-order chi connectivity index (χ1) is 16.0. The second kappa shape index (κ2) is 8.20. The highest BCUT2D eigenvalue weighted by Crippen LogP contribution is 2.39. The molecule has 1 unspecified atom stereocenters. The van der Waals surface area contributed by atoms with Gasteiger partial charge in [-0.3, -0.25) is 9.89 Å². The molecule has 1 N–H and O–H groups in total. The lowest BCUT2D eigenvalue weighted by Crippen LogP contribution is -2.59. The average molecular weight is 445 g/mol. The molecule has 0 bridgehead atoms. The third kappa shape index (κ3) is 3.67. The maximum Gasteiger partial charge on any atom is 0.323 e. The third-order valence-electron chi connectivity index (χ3n) is 6.18. The summed E-state index contributed by atoms with van der Waals surface area (Å²) in [5, 5.41) is 2.90. The molecule has 1 atom stereocenters. The number of fused-ring (bicyclic) bond motifs is 1. The largest absolute Gasteiger partial charge is 0.495 e. The fraction of sp³-hybridized carbons (Fsp3) is 0.240. The maximum atomic E-state index is 13.5. The van der Waals surface area contributed by atoms with Crippen molar-refractivity contribution < 1.29 is 13.9 Å². The number of imidazole rings is 1. The van der Waals surface area contributed by atoms with Gasteiger partial charge in [-0.25, -0.2) is 14.2 Å². The average Bonchev–Trinajstić information content (AvgIpc) is 3.43. The van der Waals surface area contributed by atoms with E-state index in [1.165, 1.54) is 12.1 Å². The van der Waals surface area contributed by atoms with Crippen molar-refractivity contribution in [3.05, 3.63) is 83.7 Å². The van der Waals surface area contributed by atoms with Crippen LogP contribution in [0.1, 0.15) is 23.2 Å². The Morgan fingerprint density at radius 2 is 2.00 bits per heavy atom. The number of aryl methyl sites for hydroxylation is 1. The van der Waals surface area contributed by atoms with E-state index in [1.54, 1.807) is 30.5 Å². The van der Waals surface area contributed by atoms with Crippen LogP contribution in [0.25, 0.3) is 11.8 Å². The molecule has 2 amide bonds. The van der Waals surface area contributed by atoms with E-state index in [2.05, 4.69) is 15.3 Å². The number of aliphatic imine (C=N–C) groups is 1. The number of aromatic nitrogens is 2. The number of amidine groups is 1. The van der Waals surface area contributed by atoms with Crippen molar-refractivity contribution in [2.45, 2.75) is 18.9 Å². The van der Waals surface area contributed by atoms with E-state index in [9.17, 15) is 9.18 Å². The standard InChI is InChI=1S/C25H24FN5O2/c1-17-14-30(16-29-17)21-9-3-18(13-22(21)33-2)4-10-23-28-15-25(11-12-27-24(32)31(23)25)19-5-7-20(26)8-6-19/h3-10,13-14,16H,11-12,15H2,1-2H3,(H,27,32)/b10-4+. The van der Waals surface area contributed by atoms with Gasteiger partial charge in [0.05, 0.1) is 36.9 Å². The van der Waals surface area contributed by atoms with Gasteiger partial charge in [0.25, 0.3) is 0 Å². The summed E-state index contributed by atoms with van der Waals surface area (Å²) in [6.45, 7) is 2.92. The van der Waals surface area contributed by atoms with Gasteiger partial charge in [0.1, 0.15) is 17.4 Å². The SMILES string of the molecule is COc1cc(/C=C/C2=NCC3(c4ccc(F)cc4)CCNC(=O)N23)ccc1-n1cnc(C)c1. The van der Waals surface area contributed by atoms with E-state index in [4.69, 9.17) is 4.74 Å². The number of urea groups is 1. The highest BCUT2D eigenvalue weighted by atomic mass is 19.1. The molecule has 3 aromatic rings. The minimum atomic E-state index is -0.601. The molecule has 1 fully saturated rings. The zero-order valence-corrected chi connectivity index (χ0v) is 18.5. The lowest BCUT2D eigenvalue weighted by molar-refractivity contribution is 0.153. The number of nitrogens with zero attached hydrogens (tertiary/aromatic N) is 4. The Kier molecular flexibility index (Phi) is 5.20. The van der Waals surface area contributed by atoms with Gasteiger partial charge in [-0.15, -0.1) is 0 Å². The van der Waals surface area contributed by atoms with Crippen LogP contribution in [0.3, 0.4) is 0 Å². The molecule has 5 rings (SSSR count). The van der Waals surface area contributed by atoms with Gasteiger partial charge in [-0.2, -0.15) is 0 Å². The summed E-state index contributed by atoms with van der Waals surface area (Å²) in [6.07, 6.45) is 8.13. The van der Waals surface area contributed by atoms with Crippen LogP contribution in [0.5, 0.6) is 5.75 Å². The normalized spacial score (nSPS) is 20.0. The predicted octanol–water partition coefficient (Wildman–Crippen LogP) is 4.06. The Morgan fingerprint density at radius 1 is 1.18 bits per heavy atom. The number of hydrogen-bond donors (Lipinski definition) is 1. The number of carbonyl (C=O) groups excluding carboxylic acids is 1. The maximum absolute atomic E-state index is 13.5. The summed E-state index contributed by atoms with van der Waals surface area (Å²) in [6, 6.07) is 12.0. The molecule has 2 aliphatic rings. The van der Waals surface area contributed by atoms with E-state index in [-0.39, 0.29) is 11.8 Å². The highest BCUT2D eigenvalue weighted by Gasteiger charge is 2.49. The number of carbonyl (C=O) groups is 1. The fourth-order valence-corrected chi connectivity index (χ4v) is 4.50. The van der Waals surface area contributed by atoms with Gasteiger partial charge in [0.15, 0.2) is 0 Å². The molecule has 3 heterocycles. The smallest absolute Gasteiger partial charge is 0.323 e. The second-order valence-corrected chi connectivity index (χ2v) is 8.22. The topological polar surface area (TPSA) is 71.8 Å². The molecule has 1 aromatic heterocycles. The number of amides is 2. The minimum Gasteiger partial charge on any atom is -0.495 e. The van der Waals surface area contributed by atoms with Gasteiger partial charge in [-0.05, 0) is 54.8 Å². The van der Waals surface area contributed by atoms with E-state index in [1.807, 2.05) is 48.0 Å². The summed E-state index contributed by atoms with van der Waals surface area (Å²) in [5.74, 6) is 0.980. The molecule has 168 valence electrons. The fourth-order valence-electron chi connectivity index (χ4n) is 4.50. The van der Waals surface area contributed by atoms with Crippen LogP contribution in [0.2, 0.25) is 0 Å². The number of hydrogen-bond acceptors (Lipinski definition) is 4. The Hall–Kier alpha value is -3.94. The molecule has 0 radical (unpaired) electrons. The summed E-state index contributed by atoms with van der Waals surface area (Å²) in [7, 11) is 1.63. The molecule has 0 spiro atoms. The number of benzene rings is 2. The Morgan fingerprint density at radius 3 is 2.73 bits per heavy atom. The van der Waals surface area contributed by atoms with Crippen molar-refractivity contribution in [2.75, 3.05) is 20.2 Å². The zero-order valence-electron chi connectivity index (χ0n) is 18.5. The van der Waals surface area contributed by atoms with E-state index < -0.39 is 5.54 Å². The lowest BCUT2D eigenvalue weighted by atomic mass is 9.84. The molecule has 7 nitrogen and oxygen atoms in total. The predicted molar refractivity (Wildman–Crippen MR) is 124 cm³/mol. The molecule has 33 heavy (non-hydrogen) atoms. The molecule has 2 aromatic carbocycles. The minimum absolute atomic E-state index is 0.199. The molecule has 2 aliphatic heterocycles. The van der Waals surface area contributed by atoms with Crippen molar-refractivity contribution >= 4 is 17.9 Å². The molecule has 8 heteroatoms. The number of rotatable bonds is 5. The second-order valence-electron chi connectivity index (χ2n) is 8.22. The summed E-state index contributed by atoms with van der Waals surface area (Å²) >= 11 is 0. The number of halogens is 1. The van der Waals surface area contributed by atoms with E-state index >= 15 is 0 Å². The first kappa shape index (κ1) is 20.9. The third-order valence-corrected chi connectivity index (χ3v) is 6.18. The summed E-state index contributed by atoms with van der Waals surface area (Å²) < 4.78 is 21.0. The number of methoxy groups -OCH3 is 1. The Bertz CT molecular complexity index is 1260. The van der Waals surface area contributed by atoms with Crippen LogP contribution in [0, 0.1) is 12.7 Å². The molecule has 0 saturated carbocycles.